The van der Waals surface area contributed by atoms with Gasteiger partial charge >= 0.3 is 10.8 Å². The van der Waals surface area contributed by atoms with Crippen molar-refractivity contribution in [3.8, 4) is 0 Å². The van der Waals surface area contributed by atoms with E-state index in [0.29, 0.717) is 5.69 Å². The highest BCUT2D eigenvalue weighted by Crippen LogP contribution is 2.18. The third kappa shape index (κ3) is 4.64. The van der Waals surface area contributed by atoms with Crippen LogP contribution in [0, 0.1) is 12.7 Å². The Labute approximate surface area is 139 Å². The zero-order valence-corrected chi connectivity index (χ0v) is 13.5. The van der Waals surface area contributed by atoms with Gasteiger partial charge < -0.3 is 10.1 Å². The summed E-state index contributed by atoms with van der Waals surface area (Å²) in [5, 5.41) is 4.07. The van der Waals surface area contributed by atoms with Gasteiger partial charge in [-0.2, -0.15) is 0 Å². The van der Waals surface area contributed by atoms with Gasteiger partial charge in [-0.05, 0) is 25.1 Å². The van der Waals surface area contributed by atoms with E-state index >= 15 is 0 Å². The molecule has 2 aromatic rings. The number of rotatable bonds is 5. The Morgan fingerprint density at radius 3 is 2.78 bits per heavy atom. The minimum Gasteiger partial charge on any atom is -0.454 e. The van der Waals surface area contributed by atoms with Gasteiger partial charge in [-0.25, -0.2) is 4.39 Å². The van der Waals surface area contributed by atoms with E-state index in [1.165, 1.54) is 16.7 Å². The van der Waals surface area contributed by atoms with Crippen molar-refractivity contribution in [1.82, 2.24) is 4.57 Å². The molecule has 9 heteroatoms. The molecule has 0 atom stereocenters. The summed E-state index contributed by atoms with van der Waals surface area (Å²) in [4.78, 5) is 34.4. The molecule has 2 rings (SSSR count). The van der Waals surface area contributed by atoms with E-state index in [1.54, 1.807) is 12.3 Å². The molecule has 0 saturated carbocycles. The molecular weight excluding hydrogens is 347 g/mol. The number of hydrogen-bond donors (Lipinski definition) is 1. The highest BCUT2D eigenvalue weighted by molar-refractivity contribution is 7.07. The second-order valence-electron chi connectivity index (χ2n) is 4.56. The maximum atomic E-state index is 13.5. The summed E-state index contributed by atoms with van der Waals surface area (Å²) in [7, 11) is 0. The van der Waals surface area contributed by atoms with Crippen molar-refractivity contribution < 1.29 is 18.7 Å². The van der Waals surface area contributed by atoms with E-state index in [4.69, 9.17) is 16.3 Å². The molecule has 1 amide bonds. The van der Waals surface area contributed by atoms with Crippen LogP contribution in [0.5, 0.6) is 0 Å². The van der Waals surface area contributed by atoms with Crippen molar-refractivity contribution in [3.63, 3.8) is 0 Å². The van der Waals surface area contributed by atoms with Crippen molar-refractivity contribution in [3.05, 3.63) is 49.8 Å². The molecule has 1 N–H and O–H groups in total. The number of nitrogens with one attached hydrogen (secondary N) is 1. The second-order valence-corrected chi connectivity index (χ2v) is 5.82. The molecule has 0 bridgehead atoms. The smallest absolute Gasteiger partial charge is 0.326 e. The summed E-state index contributed by atoms with van der Waals surface area (Å²) in [5.41, 5.74) is 0.560. The average Bonchev–Trinajstić information content (AvgIpc) is 2.80. The van der Waals surface area contributed by atoms with E-state index in [1.807, 2.05) is 0 Å². The van der Waals surface area contributed by atoms with Crippen LogP contribution >= 0.6 is 22.9 Å². The highest BCUT2D eigenvalue weighted by Gasteiger charge is 2.13. The highest BCUT2D eigenvalue weighted by atomic mass is 35.5. The molecule has 0 aliphatic carbocycles. The van der Waals surface area contributed by atoms with Gasteiger partial charge in [0.2, 0.25) is 0 Å². The first-order valence-electron chi connectivity index (χ1n) is 6.42. The average molecular weight is 359 g/mol. The van der Waals surface area contributed by atoms with Crippen LogP contribution < -0.4 is 10.2 Å². The Balaban J connectivity index is 1.86. The number of aromatic nitrogens is 1. The third-order valence-electron chi connectivity index (χ3n) is 2.83. The Hall–Kier alpha value is -2.19. The van der Waals surface area contributed by atoms with Crippen LogP contribution in [0.3, 0.4) is 0 Å². The Bertz CT molecular complexity index is 802. The summed E-state index contributed by atoms with van der Waals surface area (Å²) < 4.78 is 19.5. The van der Waals surface area contributed by atoms with Gasteiger partial charge in [0, 0.05) is 16.1 Å². The third-order valence-corrected chi connectivity index (χ3v) is 3.95. The van der Waals surface area contributed by atoms with Gasteiger partial charge in [-0.1, -0.05) is 22.9 Å². The minimum atomic E-state index is -0.736. The first-order valence-corrected chi connectivity index (χ1v) is 7.68. The Morgan fingerprint density at radius 2 is 2.17 bits per heavy atom. The fraction of sp³-hybridized carbons (Fsp3) is 0.214. The molecule has 0 radical (unpaired) electrons. The van der Waals surface area contributed by atoms with Crippen LogP contribution in [-0.2, 0) is 20.9 Å². The lowest BCUT2D eigenvalue weighted by molar-refractivity contribution is -0.147. The molecular formula is C14H12ClFN2O4S. The van der Waals surface area contributed by atoms with E-state index in [0.717, 1.165) is 17.4 Å². The number of carbonyl (C=O) groups is 2. The largest absolute Gasteiger partial charge is 0.454 e. The maximum Gasteiger partial charge on any atom is 0.326 e. The number of halogens is 2. The molecule has 0 spiro atoms. The Morgan fingerprint density at radius 1 is 1.43 bits per heavy atom. The van der Waals surface area contributed by atoms with Crippen LogP contribution in [-0.4, -0.2) is 23.1 Å². The molecule has 1 aromatic carbocycles. The maximum absolute atomic E-state index is 13.5. The van der Waals surface area contributed by atoms with Crippen molar-refractivity contribution in [2.45, 2.75) is 13.5 Å². The fourth-order valence-electron chi connectivity index (χ4n) is 1.69. The van der Waals surface area contributed by atoms with Crippen LogP contribution in [0.15, 0.2) is 28.4 Å². The molecule has 122 valence electrons. The van der Waals surface area contributed by atoms with Crippen LogP contribution in [0.4, 0.5) is 10.1 Å². The predicted octanol–water partition coefficient (Wildman–Crippen LogP) is 2.19. The lowest BCUT2D eigenvalue weighted by atomic mass is 10.3. The van der Waals surface area contributed by atoms with Crippen molar-refractivity contribution in [2.75, 3.05) is 11.9 Å². The van der Waals surface area contributed by atoms with Gasteiger partial charge in [-0.15, -0.1) is 0 Å². The number of nitrogens with zero attached hydrogens (tertiary/aromatic N) is 1. The summed E-state index contributed by atoms with van der Waals surface area (Å²) in [6.45, 7) is 0.816. The van der Waals surface area contributed by atoms with Crippen molar-refractivity contribution in [1.29, 1.82) is 0 Å². The number of anilines is 1. The number of benzene rings is 1. The monoisotopic (exact) mass is 358 g/mol. The van der Waals surface area contributed by atoms with E-state index in [2.05, 4.69) is 5.32 Å². The van der Waals surface area contributed by atoms with Gasteiger partial charge in [0.1, 0.15) is 12.4 Å². The van der Waals surface area contributed by atoms with E-state index in [-0.39, 0.29) is 22.1 Å². The fourth-order valence-corrected chi connectivity index (χ4v) is 2.59. The van der Waals surface area contributed by atoms with Gasteiger partial charge in [0.15, 0.2) is 6.61 Å². The number of amides is 1. The van der Waals surface area contributed by atoms with E-state index in [9.17, 15) is 18.8 Å². The van der Waals surface area contributed by atoms with Crippen molar-refractivity contribution in [2.24, 2.45) is 0 Å². The molecule has 0 aliphatic rings. The molecule has 23 heavy (non-hydrogen) atoms. The zero-order chi connectivity index (χ0) is 17.0. The van der Waals surface area contributed by atoms with Gasteiger partial charge in [0.05, 0.1) is 5.69 Å². The number of hydrogen-bond acceptors (Lipinski definition) is 5. The number of carbonyl (C=O) groups excluding carboxylic acids is 2. The topological polar surface area (TPSA) is 77.4 Å². The zero-order valence-electron chi connectivity index (χ0n) is 12.0. The standard InChI is InChI=1S/C14H12ClFN2O4S/c1-8-7-23-14(21)18(8)5-13(20)22-6-12(19)17-11-3-2-9(15)4-10(11)16/h2-4,7H,5-6H2,1H3,(H,17,19). The summed E-state index contributed by atoms with van der Waals surface area (Å²) in [6.07, 6.45) is 0. The Kier molecular flexibility index (Phi) is 5.51. The van der Waals surface area contributed by atoms with Crippen LogP contribution in [0.2, 0.25) is 5.02 Å². The molecule has 6 nitrogen and oxygen atoms in total. The molecule has 0 saturated heterocycles. The van der Waals surface area contributed by atoms with E-state index < -0.39 is 24.3 Å². The SMILES string of the molecule is Cc1csc(=O)n1CC(=O)OCC(=O)Nc1ccc(Cl)cc1F. The first kappa shape index (κ1) is 17.2. The normalized spacial score (nSPS) is 10.4. The first-order chi connectivity index (χ1) is 10.9. The molecule has 0 aliphatic heterocycles. The predicted molar refractivity (Wildman–Crippen MR) is 84.3 cm³/mol. The number of ether oxygens (including phenoxy) is 1. The molecule has 1 aromatic heterocycles. The van der Waals surface area contributed by atoms with Crippen molar-refractivity contribution >= 4 is 40.5 Å². The van der Waals surface area contributed by atoms with Crippen LogP contribution in [0.1, 0.15) is 5.69 Å². The lowest BCUT2D eigenvalue weighted by Crippen LogP contribution is -2.26. The summed E-state index contributed by atoms with van der Waals surface area (Å²) in [6, 6.07) is 3.76. The molecule has 0 unspecified atom stereocenters. The number of thiazole rings is 1. The van der Waals surface area contributed by atoms with Gasteiger partial charge in [0.25, 0.3) is 5.91 Å². The summed E-state index contributed by atoms with van der Waals surface area (Å²) in [5.74, 6) is -2.13. The number of esters is 1. The van der Waals surface area contributed by atoms with Gasteiger partial charge in [-0.3, -0.25) is 19.0 Å². The van der Waals surface area contributed by atoms with Crippen LogP contribution in [0.25, 0.3) is 0 Å². The molecule has 1 heterocycles. The molecule has 0 fully saturated rings. The quantitative estimate of drug-likeness (QED) is 0.831. The minimum absolute atomic E-state index is 0.0691. The number of aryl methyl sites for hydroxylation is 1. The second kappa shape index (κ2) is 7.38. The summed E-state index contributed by atoms with van der Waals surface area (Å²) >= 11 is 6.57. The lowest BCUT2D eigenvalue weighted by Gasteiger charge is -2.08.